The highest BCUT2D eigenvalue weighted by Crippen LogP contribution is 2.16. The van der Waals surface area contributed by atoms with Gasteiger partial charge in [0.2, 0.25) is 5.96 Å². The van der Waals surface area contributed by atoms with Gasteiger partial charge in [0.1, 0.15) is 0 Å². The van der Waals surface area contributed by atoms with E-state index in [9.17, 15) is 0 Å². The normalized spacial score (nSPS) is 13.1. The first kappa shape index (κ1) is 13.9. The zero-order valence-corrected chi connectivity index (χ0v) is 10.8. The summed E-state index contributed by atoms with van der Waals surface area (Å²) in [5.41, 5.74) is 5.39. The van der Waals surface area contributed by atoms with Gasteiger partial charge in [-0.1, -0.05) is 13.8 Å². The third kappa shape index (κ3) is 5.40. The molecule has 0 aliphatic heterocycles. The standard InChI is InChI=1S/C11H24N4/c1-8(2)7-15(11(4,5)6)10(13)14-9(3)12/h8H,7H2,1-6H3,(H3,12,13,14). The fourth-order valence-electron chi connectivity index (χ4n) is 1.27. The molecule has 0 heterocycles. The van der Waals surface area contributed by atoms with Crippen LogP contribution in [0.15, 0.2) is 4.99 Å². The van der Waals surface area contributed by atoms with E-state index in [1.54, 1.807) is 6.92 Å². The van der Waals surface area contributed by atoms with E-state index in [4.69, 9.17) is 11.1 Å². The van der Waals surface area contributed by atoms with E-state index in [2.05, 4.69) is 39.6 Å². The Bertz CT molecular complexity index is 244. The lowest BCUT2D eigenvalue weighted by Crippen LogP contribution is -2.46. The van der Waals surface area contributed by atoms with Gasteiger partial charge in [0.25, 0.3) is 0 Å². The molecule has 15 heavy (non-hydrogen) atoms. The molecule has 0 aromatic heterocycles. The SMILES string of the molecule is CC(N)=NC(=N)N(CC(C)C)C(C)(C)C. The summed E-state index contributed by atoms with van der Waals surface area (Å²) < 4.78 is 0. The van der Waals surface area contributed by atoms with E-state index in [0.717, 1.165) is 6.54 Å². The van der Waals surface area contributed by atoms with E-state index < -0.39 is 0 Å². The van der Waals surface area contributed by atoms with Crippen LogP contribution >= 0.6 is 0 Å². The van der Waals surface area contributed by atoms with Crippen LogP contribution in [0.4, 0.5) is 0 Å². The number of nitrogens with zero attached hydrogens (tertiary/aromatic N) is 2. The Morgan fingerprint density at radius 3 is 2.13 bits per heavy atom. The van der Waals surface area contributed by atoms with Crippen molar-refractivity contribution in [2.45, 2.75) is 47.1 Å². The van der Waals surface area contributed by atoms with Crippen LogP contribution in [0.2, 0.25) is 0 Å². The lowest BCUT2D eigenvalue weighted by atomic mass is 10.0. The third-order valence-electron chi connectivity index (χ3n) is 1.90. The lowest BCUT2D eigenvalue weighted by Gasteiger charge is -2.37. The smallest absolute Gasteiger partial charge is 0.219 e. The minimum atomic E-state index is -0.0969. The van der Waals surface area contributed by atoms with E-state index >= 15 is 0 Å². The third-order valence-corrected chi connectivity index (χ3v) is 1.90. The quantitative estimate of drug-likeness (QED) is 0.543. The van der Waals surface area contributed by atoms with Gasteiger partial charge in [-0.25, -0.2) is 4.99 Å². The van der Waals surface area contributed by atoms with Crippen LogP contribution in [0.5, 0.6) is 0 Å². The molecular formula is C11H24N4. The van der Waals surface area contributed by atoms with Crippen molar-refractivity contribution in [2.75, 3.05) is 6.54 Å². The van der Waals surface area contributed by atoms with Gasteiger partial charge in [0.05, 0.1) is 5.84 Å². The first-order valence-corrected chi connectivity index (χ1v) is 5.31. The van der Waals surface area contributed by atoms with Crippen molar-refractivity contribution in [3.8, 4) is 0 Å². The summed E-state index contributed by atoms with van der Waals surface area (Å²) in [5, 5.41) is 7.88. The summed E-state index contributed by atoms with van der Waals surface area (Å²) in [6, 6.07) is 0. The maximum Gasteiger partial charge on any atom is 0.219 e. The van der Waals surface area contributed by atoms with Crippen molar-refractivity contribution in [3.05, 3.63) is 0 Å². The van der Waals surface area contributed by atoms with Crippen LogP contribution in [0.3, 0.4) is 0 Å². The van der Waals surface area contributed by atoms with Gasteiger partial charge >= 0.3 is 0 Å². The maximum absolute atomic E-state index is 7.88. The van der Waals surface area contributed by atoms with Gasteiger partial charge in [-0.2, -0.15) is 0 Å². The fraction of sp³-hybridized carbons (Fsp3) is 0.818. The molecule has 0 rings (SSSR count). The first-order chi connectivity index (χ1) is 6.64. The number of nitrogens with two attached hydrogens (primary N) is 1. The number of hydrogen-bond acceptors (Lipinski definition) is 1. The highest BCUT2D eigenvalue weighted by Gasteiger charge is 2.24. The molecule has 0 aliphatic carbocycles. The van der Waals surface area contributed by atoms with Gasteiger partial charge in [-0.3, -0.25) is 5.41 Å². The second-order valence-corrected chi connectivity index (χ2v) is 5.25. The van der Waals surface area contributed by atoms with E-state index in [-0.39, 0.29) is 11.5 Å². The van der Waals surface area contributed by atoms with Crippen LogP contribution in [0.25, 0.3) is 0 Å². The van der Waals surface area contributed by atoms with Gasteiger partial charge in [-0.05, 0) is 33.6 Å². The highest BCUT2D eigenvalue weighted by atomic mass is 15.3. The molecule has 0 aromatic carbocycles. The van der Waals surface area contributed by atoms with Crippen molar-refractivity contribution in [2.24, 2.45) is 16.6 Å². The molecule has 3 N–H and O–H groups in total. The summed E-state index contributed by atoms with van der Waals surface area (Å²) in [4.78, 5) is 5.97. The molecule has 0 atom stereocenters. The Labute approximate surface area is 93.1 Å². The van der Waals surface area contributed by atoms with Gasteiger partial charge < -0.3 is 10.6 Å². The second-order valence-electron chi connectivity index (χ2n) is 5.25. The summed E-state index contributed by atoms with van der Waals surface area (Å²) in [6.07, 6.45) is 0. The molecule has 0 aromatic rings. The Morgan fingerprint density at radius 1 is 1.40 bits per heavy atom. The Hall–Kier alpha value is -1.06. The second kappa shape index (κ2) is 5.14. The van der Waals surface area contributed by atoms with Gasteiger partial charge in [0, 0.05) is 12.1 Å². The largest absolute Gasteiger partial charge is 0.387 e. The van der Waals surface area contributed by atoms with Crippen LogP contribution in [0.1, 0.15) is 41.5 Å². The maximum atomic E-state index is 7.88. The topological polar surface area (TPSA) is 65.5 Å². The average Bonchev–Trinajstić information content (AvgIpc) is 1.95. The van der Waals surface area contributed by atoms with Crippen LogP contribution in [-0.2, 0) is 0 Å². The molecule has 4 heteroatoms. The number of aliphatic imine (C=N–C) groups is 1. The predicted octanol–water partition coefficient (Wildman–Crippen LogP) is 2.05. The number of rotatable bonds is 2. The summed E-state index contributed by atoms with van der Waals surface area (Å²) in [6.45, 7) is 13.0. The summed E-state index contributed by atoms with van der Waals surface area (Å²) >= 11 is 0. The van der Waals surface area contributed by atoms with E-state index in [0.29, 0.717) is 11.8 Å². The molecule has 0 aliphatic rings. The zero-order valence-electron chi connectivity index (χ0n) is 10.8. The van der Waals surface area contributed by atoms with Crippen molar-refractivity contribution in [3.63, 3.8) is 0 Å². The molecule has 0 amide bonds. The molecule has 0 saturated heterocycles. The fourth-order valence-corrected chi connectivity index (χ4v) is 1.27. The molecule has 0 saturated carbocycles. The number of nitrogens with one attached hydrogen (secondary N) is 1. The average molecular weight is 212 g/mol. The Balaban J connectivity index is 4.80. The Morgan fingerprint density at radius 2 is 1.87 bits per heavy atom. The summed E-state index contributed by atoms with van der Waals surface area (Å²) in [5.74, 6) is 1.17. The Kier molecular flexibility index (Phi) is 4.78. The van der Waals surface area contributed by atoms with Crippen molar-refractivity contribution in [1.82, 2.24) is 4.90 Å². The van der Waals surface area contributed by atoms with Crippen LogP contribution in [0, 0.1) is 11.3 Å². The van der Waals surface area contributed by atoms with Gasteiger partial charge in [0.15, 0.2) is 0 Å². The molecule has 88 valence electrons. The van der Waals surface area contributed by atoms with Crippen molar-refractivity contribution < 1.29 is 0 Å². The molecule has 0 spiro atoms. The zero-order chi connectivity index (χ0) is 12.2. The minimum Gasteiger partial charge on any atom is -0.387 e. The van der Waals surface area contributed by atoms with Crippen LogP contribution in [-0.4, -0.2) is 28.8 Å². The monoisotopic (exact) mass is 212 g/mol. The summed E-state index contributed by atoms with van der Waals surface area (Å²) in [7, 11) is 0. The lowest BCUT2D eigenvalue weighted by molar-refractivity contribution is 0.211. The van der Waals surface area contributed by atoms with Crippen molar-refractivity contribution in [1.29, 1.82) is 5.41 Å². The highest BCUT2D eigenvalue weighted by molar-refractivity contribution is 5.92. The van der Waals surface area contributed by atoms with E-state index in [1.807, 2.05) is 4.90 Å². The molecule has 0 bridgehead atoms. The first-order valence-electron chi connectivity index (χ1n) is 5.31. The molecular weight excluding hydrogens is 188 g/mol. The number of amidine groups is 1. The molecule has 4 nitrogen and oxygen atoms in total. The van der Waals surface area contributed by atoms with Crippen LogP contribution < -0.4 is 5.73 Å². The van der Waals surface area contributed by atoms with Gasteiger partial charge in [-0.15, -0.1) is 0 Å². The molecule has 0 radical (unpaired) electrons. The molecule has 0 fully saturated rings. The molecule has 0 unspecified atom stereocenters. The van der Waals surface area contributed by atoms with E-state index in [1.165, 1.54) is 0 Å². The number of guanidine groups is 1. The minimum absolute atomic E-state index is 0.0969. The van der Waals surface area contributed by atoms with Crippen molar-refractivity contribution >= 4 is 11.8 Å². The number of hydrogen-bond donors (Lipinski definition) is 2. The predicted molar refractivity (Wildman–Crippen MR) is 66.3 cm³/mol.